The van der Waals surface area contributed by atoms with Crippen LogP contribution in [0.2, 0.25) is 0 Å². The lowest BCUT2D eigenvalue weighted by Crippen LogP contribution is -2.47. The third-order valence-electron chi connectivity index (χ3n) is 4.79. The maximum absolute atomic E-state index is 12.5. The molecule has 25 heavy (non-hydrogen) atoms. The van der Waals surface area contributed by atoms with Crippen molar-refractivity contribution in [3.63, 3.8) is 0 Å². The van der Waals surface area contributed by atoms with Gasteiger partial charge >= 0.3 is 6.03 Å². The van der Waals surface area contributed by atoms with Gasteiger partial charge in [0.2, 0.25) is 0 Å². The second kappa shape index (κ2) is 7.50. The predicted molar refractivity (Wildman–Crippen MR) is 95.1 cm³/mol. The number of urea groups is 1. The quantitative estimate of drug-likeness (QED) is 0.885. The van der Waals surface area contributed by atoms with E-state index in [1.54, 1.807) is 6.20 Å². The van der Waals surface area contributed by atoms with E-state index < -0.39 is 0 Å². The molecule has 0 radical (unpaired) electrons. The molecule has 0 saturated carbocycles. The van der Waals surface area contributed by atoms with Crippen molar-refractivity contribution < 1.29 is 4.79 Å². The Balaban J connectivity index is 1.49. The summed E-state index contributed by atoms with van der Waals surface area (Å²) in [5.74, 6) is 0.783. The van der Waals surface area contributed by atoms with Crippen molar-refractivity contribution in [3.05, 3.63) is 35.8 Å². The minimum atomic E-state index is -0.0587. The number of aryl methyl sites for hydroxylation is 1. The van der Waals surface area contributed by atoms with Crippen LogP contribution in [0, 0.1) is 6.92 Å². The minimum absolute atomic E-state index is 0.0197. The van der Waals surface area contributed by atoms with Crippen LogP contribution < -0.4 is 10.6 Å². The van der Waals surface area contributed by atoms with Crippen LogP contribution in [0.4, 0.5) is 10.6 Å². The highest BCUT2D eigenvalue weighted by Crippen LogP contribution is 2.18. The molecule has 2 amide bonds. The van der Waals surface area contributed by atoms with Crippen molar-refractivity contribution in [3.8, 4) is 0 Å². The molecule has 0 spiro atoms. The van der Waals surface area contributed by atoms with E-state index in [9.17, 15) is 4.79 Å². The molecule has 1 aliphatic rings. The number of aromatic nitrogens is 4. The van der Waals surface area contributed by atoms with E-state index in [-0.39, 0.29) is 12.1 Å². The number of nitrogens with one attached hydrogen (secondary N) is 2. The summed E-state index contributed by atoms with van der Waals surface area (Å²) in [6.07, 6.45) is 5.26. The average molecular weight is 343 g/mol. The van der Waals surface area contributed by atoms with Gasteiger partial charge in [-0.05, 0) is 38.8 Å². The van der Waals surface area contributed by atoms with E-state index >= 15 is 0 Å². The number of piperidine rings is 1. The highest BCUT2D eigenvalue weighted by Gasteiger charge is 2.24. The Morgan fingerprint density at radius 3 is 2.72 bits per heavy atom. The van der Waals surface area contributed by atoms with E-state index in [4.69, 9.17) is 0 Å². The smallest absolute Gasteiger partial charge is 0.317 e. The molecule has 0 aromatic carbocycles. The van der Waals surface area contributed by atoms with Crippen LogP contribution in [0.3, 0.4) is 0 Å². The Morgan fingerprint density at radius 2 is 2.12 bits per heavy atom. The second-order valence-corrected chi connectivity index (χ2v) is 6.49. The Bertz CT molecular complexity index is 707. The van der Waals surface area contributed by atoms with Gasteiger partial charge in [0, 0.05) is 43.6 Å². The molecule has 1 aliphatic heterocycles. The first-order valence-corrected chi connectivity index (χ1v) is 8.62. The normalized spacial score (nSPS) is 16.5. The number of likely N-dealkylation sites (tertiary alicyclic amines) is 1. The van der Waals surface area contributed by atoms with E-state index in [0.29, 0.717) is 6.04 Å². The van der Waals surface area contributed by atoms with Crippen LogP contribution in [0.25, 0.3) is 0 Å². The van der Waals surface area contributed by atoms with E-state index in [1.165, 1.54) is 0 Å². The summed E-state index contributed by atoms with van der Waals surface area (Å²) in [4.78, 5) is 14.4. The SMILES string of the molecule is Cc1c(C(C)NC(=O)N2CCC(Nc3cccnn3)CC2)cnn1C. The van der Waals surface area contributed by atoms with Crippen LogP contribution in [-0.4, -0.2) is 50.0 Å². The lowest BCUT2D eigenvalue weighted by atomic mass is 10.1. The number of amides is 2. The van der Waals surface area contributed by atoms with Crippen molar-refractivity contribution in [2.24, 2.45) is 7.05 Å². The van der Waals surface area contributed by atoms with Crippen molar-refractivity contribution in [1.29, 1.82) is 0 Å². The molecule has 0 bridgehead atoms. The number of carbonyl (C=O) groups excluding carboxylic acids is 1. The Kier molecular flexibility index (Phi) is 5.16. The Labute approximate surface area is 147 Å². The van der Waals surface area contributed by atoms with Gasteiger partial charge < -0.3 is 15.5 Å². The van der Waals surface area contributed by atoms with Gasteiger partial charge in [0.25, 0.3) is 0 Å². The molecule has 134 valence electrons. The van der Waals surface area contributed by atoms with Crippen LogP contribution in [0.15, 0.2) is 24.5 Å². The maximum atomic E-state index is 12.5. The highest BCUT2D eigenvalue weighted by atomic mass is 16.2. The van der Waals surface area contributed by atoms with Gasteiger partial charge in [-0.2, -0.15) is 10.2 Å². The summed E-state index contributed by atoms with van der Waals surface area (Å²) in [6.45, 7) is 5.45. The maximum Gasteiger partial charge on any atom is 0.317 e. The third-order valence-corrected chi connectivity index (χ3v) is 4.79. The first kappa shape index (κ1) is 17.2. The monoisotopic (exact) mass is 343 g/mol. The summed E-state index contributed by atoms with van der Waals surface area (Å²) in [5, 5.41) is 18.6. The molecule has 1 atom stereocenters. The molecule has 2 N–H and O–H groups in total. The zero-order chi connectivity index (χ0) is 17.8. The number of carbonyl (C=O) groups is 1. The molecular weight excluding hydrogens is 318 g/mol. The lowest BCUT2D eigenvalue weighted by Gasteiger charge is -2.33. The molecule has 8 heteroatoms. The molecule has 1 saturated heterocycles. The molecule has 2 aromatic rings. The first-order valence-electron chi connectivity index (χ1n) is 8.62. The van der Waals surface area contributed by atoms with Gasteiger partial charge in [-0.15, -0.1) is 5.10 Å². The lowest BCUT2D eigenvalue weighted by molar-refractivity contribution is 0.180. The minimum Gasteiger partial charge on any atom is -0.366 e. The fourth-order valence-corrected chi connectivity index (χ4v) is 3.11. The Hall–Kier alpha value is -2.64. The highest BCUT2D eigenvalue weighted by molar-refractivity contribution is 5.74. The summed E-state index contributed by atoms with van der Waals surface area (Å²) >= 11 is 0. The van der Waals surface area contributed by atoms with Gasteiger partial charge in [-0.3, -0.25) is 4.68 Å². The summed E-state index contributed by atoms with van der Waals surface area (Å²) < 4.78 is 1.82. The molecule has 3 rings (SSSR count). The zero-order valence-electron chi connectivity index (χ0n) is 14.9. The number of hydrogen-bond donors (Lipinski definition) is 2. The van der Waals surface area contributed by atoms with Gasteiger partial charge in [0.05, 0.1) is 12.2 Å². The average Bonchev–Trinajstić information content (AvgIpc) is 2.95. The predicted octanol–water partition coefficient (Wildman–Crippen LogP) is 1.87. The molecule has 1 unspecified atom stereocenters. The van der Waals surface area contributed by atoms with Gasteiger partial charge in [-0.1, -0.05) is 0 Å². The molecule has 0 aliphatic carbocycles. The number of rotatable bonds is 4. The van der Waals surface area contributed by atoms with Crippen molar-refractivity contribution >= 4 is 11.8 Å². The van der Waals surface area contributed by atoms with E-state index in [2.05, 4.69) is 25.9 Å². The summed E-state index contributed by atoms with van der Waals surface area (Å²) in [6, 6.07) is 4.01. The molecular formula is C17H25N7O. The van der Waals surface area contributed by atoms with E-state index in [0.717, 1.165) is 43.0 Å². The summed E-state index contributed by atoms with van der Waals surface area (Å²) in [7, 11) is 1.91. The number of nitrogens with zero attached hydrogens (tertiary/aromatic N) is 5. The summed E-state index contributed by atoms with van der Waals surface area (Å²) in [5.41, 5.74) is 2.12. The largest absolute Gasteiger partial charge is 0.366 e. The van der Waals surface area contributed by atoms with Crippen LogP contribution >= 0.6 is 0 Å². The van der Waals surface area contributed by atoms with Gasteiger partial charge in [0.1, 0.15) is 5.82 Å². The number of hydrogen-bond acceptors (Lipinski definition) is 5. The van der Waals surface area contributed by atoms with Crippen molar-refractivity contribution in [2.75, 3.05) is 18.4 Å². The van der Waals surface area contributed by atoms with Crippen molar-refractivity contribution in [1.82, 2.24) is 30.2 Å². The molecule has 8 nitrogen and oxygen atoms in total. The molecule has 1 fully saturated rings. The Morgan fingerprint density at radius 1 is 1.36 bits per heavy atom. The fraction of sp³-hybridized carbons (Fsp3) is 0.529. The molecule has 3 heterocycles. The fourth-order valence-electron chi connectivity index (χ4n) is 3.11. The van der Waals surface area contributed by atoms with Crippen LogP contribution in [-0.2, 0) is 7.05 Å². The molecule has 2 aromatic heterocycles. The van der Waals surface area contributed by atoms with E-state index in [1.807, 2.05) is 48.8 Å². The number of anilines is 1. The van der Waals surface area contributed by atoms with Crippen LogP contribution in [0.1, 0.15) is 37.1 Å². The zero-order valence-corrected chi connectivity index (χ0v) is 14.9. The first-order chi connectivity index (χ1) is 12.0. The van der Waals surface area contributed by atoms with Crippen LogP contribution in [0.5, 0.6) is 0 Å². The third kappa shape index (κ3) is 4.07. The van der Waals surface area contributed by atoms with Gasteiger partial charge in [0.15, 0.2) is 0 Å². The van der Waals surface area contributed by atoms with Gasteiger partial charge in [-0.25, -0.2) is 4.79 Å². The van der Waals surface area contributed by atoms with Crippen molar-refractivity contribution in [2.45, 2.75) is 38.8 Å². The standard InChI is InChI=1S/C17H25N7O/c1-12(15-11-19-23(3)13(15)2)20-17(25)24-9-6-14(7-10-24)21-16-5-4-8-18-22-16/h4-5,8,11-12,14H,6-7,9-10H2,1-3H3,(H,20,25)(H,21,22). The second-order valence-electron chi connectivity index (χ2n) is 6.49. The topological polar surface area (TPSA) is 88.0 Å².